The minimum atomic E-state index is 0.228. The number of carbonyl (C=O) groups is 2. The number of nitrogens with one attached hydrogen (secondary N) is 1. The first-order valence-corrected chi connectivity index (χ1v) is 10.6. The number of ether oxygens (including phenoxy) is 1. The highest BCUT2D eigenvalue weighted by molar-refractivity contribution is 5.81. The number of likely N-dealkylation sites (tertiary alicyclic amines) is 1. The Balaban J connectivity index is 1.35. The van der Waals surface area contributed by atoms with Crippen molar-refractivity contribution >= 4 is 11.8 Å². The van der Waals surface area contributed by atoms with Gasteiger partial charge in [0, 0.05) is 63.3 Å². The summed E-state index contributed by atoms with van der Waals surface area (Å²) in [6.45, 7) is 5.05. The van der Waals surface area contributed by atoms with Gasteiger partial charge in [-0.15, -0.1) is 0 Å². The molecule has 0 aromatic carbocycles. The van der Waals surface area contributed by atoms with Crippen LogP contribution in [-0.2, 0) is 14.3 Å². The van der Waals surface area contributed by atoms with Crippen LogP contribution in [0.5, 0.6) is 0 Å². The van der Waals surface area contributed by atoms with Gasteiger partial charge in [0.05, 0.1) is 0 Å². The SMILES string of the molecule is O=C(NCCN(C1CCOCC1)C1CCCN(C(=O)C2CC2)C1)C1CC1. The average molecular weight is 364 g/mol. The van der Waals surface area contributed by atoms with Crippen LogP contribution in [0.15, 0.2) is 0 Å². The maximum absolute atomic E-state index is 12.5. The van der Waals surface area contributed by atoms with Gasteiger partial charge in [-0.05, 0) is 51.4 Å². The molecule has 4 fully saturated rings. The molecule has 6 heteroatoms. The molecule has 1 N–H and O–H groups in total. The van der Waals surface area contributed by atoms with E-state index in [0.29, 0.717) is 23.9 Å². The van der Waals surface area contributed by atoms with Gasteiger partial charge in [0.25, 0.3) is 0 Å². The predicted octanol–water partition coefficient (Wildman–Crippen LogP) is 1.39. The third-order valence-electron chi connectivity index (χ3n) is 6.38. The quantitative estimate of drug-likeness (QED) is 0.743. The van der Waals surface area contributed by atoms with Gasteiger partial charge >= 0.3 is 0 Å². The van der Waals surface area contributed by atoms with Crippen molar-refractivity contribution in [2.24, 2.45) is 11.8 Å². The Labute approximate surface area is 156 Å². The second kappa shape index (κ2) is 8.26. The van der Waals surface area contributed by atoms with E-state index in [1.165, 1.54) is 0 Å². The zero-order chi connectivity index (χ0) is 17.9. The molecular formula is C20H33N3O3. The molecule has 4 aliphatic rings. The lowest BCUT2D eigenvalue weighted by molar-refractivity contribution is -0.135. The maximum atomic E-state index is 12.5. The summed E-state index contributed by atoms with van der Waals surface area (Å²) in [7, 11) is 0. The largest absolute Gasteiger partial charge is 0.381 e. The highest BCUT2D eigenvalue weighted by Gasteiger charge is 2.38. The van der Waals surface area contributed by atoms with Crippen molar-refractivity contribution in [3.8, 4) is 0 Å². The second-order valence-electron chi connectivity index (χ2n) is 8.50. The van der Waals surface area contributed by atoms with E-state index in [9.17, 15) is 9.59 Å². The summed E-state index contributed by atoms with van der Waals surface area (Å²) in [4.78, 5) is 29.2. The molecule has 2 amide bonds. The molecule has 0 spiro atoms. The Morgan fingerprint density at radius 1 is 0.962 bits per heavy atom. The fraction of sp³-hybridized carbons (Fsp3) is 0.900. The van der Waals surface area contributed by atoms with E-state index in [2.05, 4.69) is 15.1 Å². The number of piperidine rings is 1. The summed E-state index contributed by atoms with van der Waals surface area (Å²) < 4.78 is 5.56. The Kier molecular flexibility index (Phi) is 5.79. The number of rotatable bonds is 7. The molecule has 1 atom stereocenters. The van der Waals surface area contributed by atoms with E-state index in [4.69, 9.17) is 4.74 Å². The second-order valence-corrected chi connectivity index (χ2v) is 8.50. The zero-order valence-electron chi connectivity index (χ0n) is 15.8. The molecule has 2 heterocycles. The molecule has 2 saturated heterocycles. The van der Waals surface area contributed by atoms with Crippen LogP contribution in [0, 0.1) is 11.8 Å². The Morgan fingerprint density at radius 3 is 2.38 bits per heavy atom. The third kappa shape index (κ3) is 4.58. The lowest BCUT2D eigenvalue weighted by Gasteiger charge is -2.44. The van der Waals surface area contributed by atoms with Crippen LogP contribution in [-0.4, -0.2) is 73.1 Å². The molecule has 0 aromatic heterocycles. The molecule has 0 bridgehead atoms. The molecule has 2 saturated carbocycles. The monoisotopic (exact) mass is 363 g/mol. The van der Waals surface area contributed by atoms with E-state index in [-0.39, 0.29) is 11.8 Å². The fourth-order valence-electron chi connectivity index (χ4n) is 4.49. The maximum Gasteiger partial charge on any atom is 0.225 e. The van der Waals surface area contributed by atoms with Gasteiger partial charge in [0.2, 0.25) is 11.8 Å². The van der Waals surface area contributed by atoms with Crippen LogP contribution in [0.25, 0.3) is 0 Å². The van der Waals surface area contributed by atoms with Gasteiger partial charge in [-0.25, -0.2) is 0 Å². The fourth-order valence-corrected chi connectivity index (χ4v) is 4.49. The molecule has 0 aromatic rings. The van der Waals surface area contributed by atoms with Crippen LogP contribution in [0.2, 0.25) is 0 Å². The number of hydrogen-bond donors (Lipinski definition) is 1. The van der Waals surface area contributed by atoms with Crippen LogP contribution >= 0.6 is 0 Å². The molecule has 4 rings (SSSR count). The molecule has 0 radical (unpaired) electrons. The van der Waals surface area contributed by atoms with Crippen molar-refractivity contribution in [3.63, 3.8) is 0 Å². The topological polar surface area (TPSA) is 61.9 Å². The van der Waals surface area contributed by atoms with E-state index < -0.39 is 0 Å². The summed E-state index contributed by atoms with van der Waals surface area (Å²) in [5.74, 6) is 1.19. The lowest BCUT2D eigenvalue weighted by Crippen LogP contribution is -2.55. The van der Waals surface area contributed by atoms with Crippen molar-refractivity contribution in [1.82, 2.24) is 15.1 Å². The first kappa shape index (κ1) is 18.2. The molecule has 146 valence electrons. The van der Waals surface area contributed by atoms with Crippen LogP contribution in [0.3, 0.4) is 0 Å². The molecular weight excluding hydrogens is 330 g/mol. The van der Waals surface area contributed by atoms with Gasteiger partial charge in [0.1, 0.15) is 0 Å². The predicted molar refractivity (Wildman–Crippen MR) is 98.6 cm³/mol. The summed E-state index contributed by atoms with van der Waals surface area (Å²) in [6, 6.07) is 0.940. The number of hydrogen-bond acceptors (Lipinski definition) is 4. The molecule has 6 nitrogen and oxygen atoms in total. The zero-order valence-corrected chi connectivity index (χ0v) is 15.8. The van der Waals surface area contributed by atoms with E-state index in [1.54, 1.807) is 0 Å². The van der Waals surface area contributed by atoms with Crippen molar-refractivity contribution in [2.75, 3.05) is 39.4 Å². The van der Waals surface area contributed by atoms with Crippen molar-refractivity contribution < 1.29 is 14.3 Å². The summed E-state index contributed by atoms with van der Waals surface area (Å²) >= 11 is 0. The Hall–Kier alpha value is -1.14. The average Bonchev–Trinajstić information content (AvgIpc) is 3.58. The highest BCUT2D eigenvalue weighted by Crippen LogP contribution is 2.33. The standard InChI is InChI=1S/C20H33N3O3/c24-19(15-3-4-15)21-9-11-23(17-7-12-26-13-8-17)18-2-1-10-22(14-18)20(25)16-5-6-16/h15-18H,1-14H2,(H,21,24). The van der Waals surface area contributed by atoms with Crippen molar-refractivity contribution in [1.29, 1.82) is 0 Å². The van der Waals surface area contributed by atoms with E-state index >= 15 is 0 Å². The van der Waals surface area contributed by atoms with E-state index in [1.807, 2.05) is 0 Å². The molecule has 1 unspecified atom stereocenters. The number of amides is 2. The molecule has 2 aliphatic heterocycles. The Morgan fingerprint density at radius 2 is 1.69 bits per heavy atom. The summed E-state index contributed by atoms with van der Waals surface area (Å²) in [6.07, 6.45) is 8.63. The minimum absolute atomic E-state index is 0.228. The Bertz CT molecular complexity index is 512. The third-order valence-corrected chi connectivity index (χ3v) is 6.38. The lowest BCUT2D eigenvalue weighted by atomic mass is 9.98. The van der Waals surface area contributed by atoms with Crippen LogP contribution in [0.4, 0.5) is 0 Å². The van der Waals surface area contributed by atoms with Gasteiger partial charge in [0.15, 0.2) is 0 Å². The van der Waals surface area contributed by atoms with Gasteiger partial charge in [-0.1, -0.05) is 0 Å². The summed E-state index contributed by atoms with van der Waals surface area (Å²) in [5, 5.41) is 3.12. The van der Waals surface area contributed by atoms with Crippen LogP contribution in [0.1, 0.15) is 51.4 Å². The van der Waals surface area contributed by atoms with Crippen molar-refractivity contribution in [3.05, 3.63) is 0 Å². The van der Waals surface area contributed by atoms with Gasteiger partial charge in [-0.3, -0.25) is 14.5 Å². The number of nitrogens with zero attached hydrogens (tertiary/aromatic N) is 2. The van der Waals surface area contributed by atoms with Gasteiger partial charge < -0.3 is 15.0 Å². The first-order chi connectivity index (χ1) is 12.7. The number of carbonyl (C=O) groups excluding carboxylic acids is 2. The minimum Gasteiger partial charge on any atom is -0.381 e. The van der Waals surface area contributed by atoms with Crippen molar-refractivity contribution in [2.45, 2.75) is 63.5 Å². The molecule has 26 heavy (non-hydrogen) atoms. The summed E-state index contributed by atoms with van der Waals surface area (Å²) in [5.41, 5.74) is 0. The van der Waals surface area contributed by atoms with Gasteiger partial charge in [-0.2, -0.15) is 0 Å². The smallest absolute Gasteiger partial charge is 0.225 e. The van der Waals surface area contributed by atoms with E-state index in [0.717, 1.165) is 90.8 Å². The highest BCUT2D eigenvalue weighted by atomic mass is 16.5. The van der Waals surface area contributed by atoms with Crippen LogP contribution < -0.4 is 5.32 Å². The normalized spacial score (nSPS) is 27.6. The molecule has 2 aliphatic carbocycles. The first-order valence-electron chi connectivity index (χ1n) is 10.6.